The molecule has 5 heteroatoms. The molecule has 0 aliphatic carbocycles. The van der Waals surface area contributed by atoms with E-state index in [0.717, 1.165) is 31.9 Å². The first-order valence-corrected chi connectivity index (χ1v) is 10.3. The highest BCUT2D eigenvalue weighted by atomic mass is 32.1. The van der Waals surface area contributed by atoms with Crippen LogP contribution in [-0.4, -0.2) is 17.5 Å². The van der Waals surface area contributed by atoms with E-state index in [2.05, 4.69) is 35.4 Å². The van der Waals surface area contributed by atoms with Crippen LogP contribution in [0.1, 0.15) is 16.1 Å². The molecule has 0 radical (unpaired) electrons. The summed E-state index contributed by atoms with van der Waals surface area (Å²) in [6.45, 7) is 4.50. The molecular formula is C24H22N2O2S. The molecule has 1 aromatic heterocycles. The van der Waals surface area contributed by atoms with Gasteiger partial charge in [-0.15, -0.1) is 11.3 Å². The summed E-state index contributed by atoms with van der Waals surface area (Å²) >= 11 is 1.62. The van der Waals surface area contributed by atoms with E-state index in [9.17, 15) is 4.79 Å². The smallest absolute Gasteiger partial charge is 0.258 e. The molecule has 1 amide bonds. The Morgan fingerprint density at radius 1 is 1.00 bits per heavy atom. The Morgan fingerprint density at radius 2 is 1.76 bits per heavy atom. The molecule has 0 aliphatic heterocycles. The number of carbonyl (C=O) groups excluding carboxylic acids is 1. The second-order valence-corrected chi connectivity index (χ2v) is 8.00. The van der Waals surface area contributed by atoms with Crippen LogP contribution in [0.3, 0.4) is 0 Å². The molecule has 4 rings (SSSR count). The Kier molecular flexibility index (Phi) is 5.58. The molecule has 0 saturated carbocycles. The van der Waals surface area contributed by atoms with Crippen LogP contribution >= 0.6 is 11.3 Å². The normalized spacial score (nSPS) is 10.8. The number of thiazole rings is 1. The van der Waals surface area contributed by atoms with Gasteiger partial charge in [0.2, 0.25) is 0 Å². The van der Waals surface area contributed by atoms with Gasteiger partial charge in [-0.25, -0.2) is 4.98 Å². The lowest BCUT2D eigenvalue weighted by Gasteiger charge is -2.08. The summed E-state index contributed by atoms with van der Waals surface area (Å²) in [5.74, 6) is 0.540. The molecule has 0 spiro atoms. The first-order chi connectivity index (χ1) is 14.1. The van der Waals surface area contributed by atoms with E-state index in [-0.39, 0.29) is 12.5 Å². The predicted molar refractivity (Wildman–Crippen MR) is 118 cm³/mol. The maximum Gasteiger partial charge on any atom is 0.258 e. The van der Waals surface area contributed by atoms with Gasteiger partial charge < -0.3 is 10.1 Å². The van der Waals surface area contributed by atoms with Gasteiger partial charge >= 0.3 is 0 Å². The summed E-state index contributed by atoms with van der Waals surface area (Å²) in [4.78, 5) is 18.0. The fourth-order valence-electron chi connectivity index (χ4n) is 3.16. The Balaban J connectivity index is 1.35. The lowest BCUT2D eigenvalue weighted by molar-refractivity contribution is -0.123. The zero-order chi connectivity index (χ0) is 20.2. The van der Waals surface area contributed by atoms with E-state index < -0.39 is 0 Å². The number of rotatable bonds is 6. The Hall–Kier alpha value is -3.18. The first-order valence-electron chi connectivity index (χ1n) is 9.51. The molecular weight excluding hydrogens is 380 g/mol. The highest BCUT2D eigenvalue weighted by molar-refractivity contribution is 7.15. The van der Waals surface area contributed by atoms with Gasteiger partial charge in [-0.1, -0.05) is 54.6 Å². The summed E-state index contributed by atoms with van der Waals surface area (Å²) < 4.78 is 5.66. The van der Waals surface area contributed by atoms with Crippen molar-refractivity contribution in [3.63, 3.8) is 0 Å². The predicted octanol–water partition coefficient (Wildman–Crippen LogP) is 5.28. The summed E-state index contributed by atoms with van der Waals surface area (Å²) in [6.07, 6.45) is 0. The number of aromatic nitrogens is 1. The lowest BCUT2D eigenvalue weighted by Crippen LogP contribution is -2.28. The van der Waals surface area contributed by atoms with Gasteiger partial charge in [0, 0.05) is 10.4 Å². The quantitative estimate of drug-likeness (QED) is 0.478. The van der Waals surface area contributed by atoms with E-state index in [4.69, 9.17) is 4.74 Å². The third-order valence-electron chi connectivity index (χ3n) is 4.81. The van der Waals surface area contributed by atoms with E-state index in [1.807, 2.05) is 55.5 Å². The minimum Gasteiger partial charge on any atom is -0.484 e. The first kappa shape index (κ1) is 19.2. The molecule has 29 heavy (non-hydrogen) atoms. The molecule has 0 atom stereocenters. The minimum atomic E-state index is -0.150. The Labute approximate surface area is 174 Å². The molecule has 0 aliphatic rings. The van der Waals surface area contributed by atoms with E-state index in [1.165, 1.54) is 5.56 Å². The van der Waals surface area contributed by atoms with Crippen LogP contribution in [0.15, 0.2) is 66.7 Å². The molecule has 146 valence electrons. The number of aryl methyl sites for hydroxylation is 2. The molecule has 0 unspecified atom stereocenters. The lowest BCUT2D eigenvalue weighted by atomic mass is 10.1. The molecule has 1 heterocycles. The number of hydrogen-bond acceptors (Lipinski definition) is 4. The zero-order valence-electron chi connectivity index (χ0n) is 16.4. The topological polar surface area (TPSA) is 51.2 Å². The largest absolute Gasteiger partial charge is 0.484 e. The average Bonchev–Trinajstić information content (AvgIpc) is 3.11. The van der Waals surface area contributed by atoms with E-state index >= 15 is 0 Å². The zero-order valence-corrected chi connectivity index (χ0v) is 17.3. The molecule has 0 saturated heterocycles. The highest BCUT2D eigenvalue weighted by Gasteiger charge is 2.12. The fraction of sp³-hybridized carbons (Fsp3) is 0.167. The van der Waals surface area contributed by atoms with Crippen LogP contribution in [-0.2, 0) is 11.3 Å². The summed E-state index contributed by atoms with van der Waals surface area (Å²) in [7, 11) is 0. The van der Waals surface area contributed by atoms with Crippen molar-refractivity contribution in [2.24, 2.45) is 0 Å². The van der Waals surface area contributed by atoms with Gasteiger partial charge in [0.25, 0.3) is 5.91 Å². The van der Waals surface area contributed by atoms with E-state index in [1.54, 1.807) is 11.3 Å². The number of benzene rings is 3. The molecule has 0 bridgehead atoms. The van der Waals surface area contributed by atoms with Crippen molar-refractivity contribution in [2.45, 2.75) is 20.4 Å². The van der Waals surface area contributed by atoms with Crippen molar-refractivity contribution in [2.75, 3.05) is 6.61 Å². The van der Waals surface area contributed by atoms with Crippen molar-refractivity contribution in [1.82, 2.24) is 10.3 Å². The maximum atomic E-state index is 12.2. The van der Waals surface area contributed by atoms with Crippen LogP contribution in [0.5, 0.6) is 5.75 Å². The van der Waals surface area contributed by atoms with Crippen LogP contribution < -0.4 is 10.1 Å². The number of hydrogen-bond donors (Lipinski definition) is 1. The maximum absolute atomic E-state index is 12.2. The summed E-state index contributed by atoms with van der Waals surface area (Å²) in [5, 5.41) is 6.16. The summed E-state index contributed by atoms with van der Waals surface area (Å²) in [6, 6.07) is 22.1. The van der Waals surface area contributed by atoms with Gasteiger partial charge in [-0.2, -0.15) is 0 Å². The van der Waals surface area contributed by atoms with Crippen molar-refractivity contribution in [1.29, 1.82) is 0 Å². The number of nitrogens with zero attached hydrogens (tertiary/aromatic N) is 1. The highest BCUT2D eigenvalue weighted by Crippen LogP contribution is 2.30. The monoisotopic (exact) mass is 402 g/mol. The number of carbonyl (C=O) groups is 1. The van der Waals surface area contributed by atoms with Crippen molar-refractivity contribution in [3.05, 3.63) is 82.9 Å². The molecule has 3 aromatic carbocycles. The third kappa shape index (κ3) is 4.46. The van der Waals surface area contributed by atoms with Crippen LogP contribution in [0.2, 0.25) is 0 Å². The van der Waals surface area contributed by atoms with Gasteiger partial charge in [0.15, 0.2) is 6.61 Å². The number of amides is 1. The van der Waals surface area contributed by atoms with Gasteiger partial charge in [-0.05, 0) is 42.3 Å². The van der Waals surface area contributed by atoms with Crippen molar-refractivity contribution >= 4 is 28.0 Å². The SMILES string of the molecule is Cc1ccccc1-c1nc(C)c(CNC(=O)COc2ccc3ccccc3c2)s1. The van der Waals surface area contributed by atoms with Crippen molar-refractivity contribution in [3.8, 4) is 16.3 Å². The Morgan fingerprint density at radius 3 is 2.59 bits per heavy atom. The molecule has 4 nitrogen and oxygen atoms in total. The number of fused-ring (bicyclic) bond motifs is 1. The molecule has 1 N–H and O–H groups in total. The van der Waals surface area contributed by atoms with Gasteiger partial charge in [-0.3, -0.25) is 4.79 Å². The average molecular weight is 403 g/mol. The Bertz CT molecular complexity index is 1170. The van der Waals surface area contributed by atoms with Crippen LogP contribution in [0.4, 0.5) is 0 Å². The second kappa shape index (κ2) is 8.45. The summed E-state index contributed by atoms with van der Waals surface area (Å²) in [5.41, 5.74) is 3.28. The van der Waals surface area contributed by atoms with Gasteiger partial charge in [0.1, 0.15) is 10.8 Å². The number of ether oxygens (including phenoxy) is 1. The number of nitrogens with one attached hydrogen (secondary N) is 1. The van der Waals surface area contributed by atoms with E-state index in [0.29, 0.717) is 12.3 Å². The third-order valence-corrected chi connectivity index (χ3v) is 6.00. The van der Waals surface area contributed by atoms with Crippen molar-refractivity contribution < 1.29 is 9.53 Å². The van der Waals surface area contributed by atoms with Crippen LogP contribution in [0.25, 0.3) is 21.3 Å². The molecule has 0 fully saturated rings. The fourth-order valence-corrected chi connectivity index (χ4v) is 4.25. The van der Waals surface area contributed by atoms with Crippen LogP contribution in [0, 0.1) is 13.8 Å². The van der Waals surface area contributed by atoms with Gasteiger partial charge in [0.05, 0.1) is 12.2 Å². The minimum absolute atomic E-state index is 0.0131. The standard InChI is InChI=1S/C24H22N2O2S/c1-16-7-3-6-10-21(16)24-26-17(2)22(29-24)14-25-23(27)15-28-20-12-11-18-8-4-5-9-19(18)13-20/h3-13H,14-15H2,1-2H3,(H,25,27). The molecule has 4 aromatic rings. The second-order valence-electron chi connectivity index (χ2n) is 6.92.